The highest BCUT2D eigenvalue weighted by atomic mass is 35.5. The van der Waals surface area contributed by atoms with Crippen molar-refractivity contribution >= 4 is 46.0 Å². The van der Waals surface area contributed by atoms with Gasteiger partial charge in [0.1, 0.15) is 22.0 Å². The number of carboxylic acids is 1. The smallest absolute Gasteiger partial charge is 0.311 e. The summed E-state index contributed by atoms with van der Waals surface area (Å²) in [6.45, 7) is 0.654. The first kappa shape index (κ1) is 24.0. The van der Waals surface area contributed by atoms with Crippen molar-refractivity contribution in [2.45, 2.75) is 30.7 Å². The van der Waals surface area contributed by atoms with E-state index in [2.05, 4.69) is 5.32 Å². The van der Waals surface area contributed by atoms with Gasteiger partial charge in [-0.3, -0.25) is 9.59 Å². The van der Waals surface area contributed by atoms with Crippen molar-refractivity contribution in [3.8, 4) is 5.75 Å². The molecule has 1 aliphatic carbocycles. The lowest BCUT2D eigenvalue weighted by molar-refractivity contribution is -0.141. The summed E-state index contributed by atoms with van der Waals surface area (Å²) in [5, 5.41) is 14.2. The van der Waals surface area contributed by atoms with Crippen LogP contribution < -0.4 is 10.1 Å². The topological polar surface area (TPSA) is 89.8 Å². The molecule has 184 valence electrons. The molecular weight excluding hydrogens is 491 g/mol. The van der Waals surface area contributed by atoms with Gasteiger partial charge >= 0.3 is 5.97 Å². The molecule has 2 fully saturated rings. The predicted molar refractivity (Wildman–Crippen MR) is 134 cm³/mol. The second-order valence-electron chi connectivity index (χ2n) is 9.39. The number of benzene rings is 2. The molecule has 1 amide bonds. The van der Waals surface area contributed by atoms with Gasteiger partial charge in [-0.15, -0.1) is 0 Å². The monoisotopic (exact) mass is 516 g/mol. The highest BCUT2D eigenvalue weighted by Crippen LogP contribution is 2.41. The molecule has 2 N–H and O–H groups in total. The molecule has 0 radical (unpaired) electrons. The summed E-state index contributed by atoms with van der Waals surface area (Å²) >= 11 is 12.7. The first-order valence-corrected chi connectivity index (χ1v) is 12.3. The van der Waals surface area contributed by atoms with Crippen LogP contribution in [0.5, 0.6) is 5.75 Å². The Labute approximate surface area is 212 Å². The Bertz CT molecular complexity index is 1310. The fraction of sp³-hybridized carbons (Fsp3) is 0.385. The van der Waals surface area contributed by atoms with Crippen LogP contribution in [0.25, 0.3) is 10.9 Å². The van der Waals surface area contributed by atoms with Crippen LogP contribution in [0, 0.1) is 5.92 Å². The van der Waals surface area contributed by atoms with Crippen LogP contribution in [-0.4, -0.2) is 41.9 Å². The Morgan fingerprint density at radius 2 is 1.86 bits per heavy atom. The van der Waals surface area contributed by atoms with Crippen LogP contribution in [0.15, 0.2) is 36.4 Å². The second kappa shape index (κ2) is 9.04. The van der Waals surface area contributed by atoms with Gasteiger partial charge in [0.25, 0.3) is 5.91 Å². The number of halogens is 2. The Morgan fingerprint density at radius 3 is 2.37 bits per heavy atom. The first-order valence-electron chi connectivity index (χ1n) is 11.5. The Hall–Kier alpha value is -2.74. The highest BCUT2D eigenvalue weighted by molar-refractivity contribution is 6.46. The van der Waals surface area contributed by atoms with Crippen molar-refractivity contribution in [1.29, 1.82) is 0 Å². The number of rotatable bonds is 7. The molecule has 35 heavy (non-hydrogen) atoms. The van der Waals surface area contributed by atoms with E-state index in [1.807, 2.05) is 24.3 Å². The quantitative estimate of drug-likeness (QED) is 0.454. The average Bonchev–Trinajstić information content (AvgIpc) is 3.12. The lowest BCUT2D eigenvalue weighted by atomic mass is 9.72. The van der Waals surface area contributed by atoms with Crippen molar-refractivity contribution in [2.75, 3.05) is 20.3 Å². The van der Waals surface area contributed by atoms with E-state index in [4.69, 9.17) is 32.7 Å². The molecule has 1 aliphatic heterocycles. The fourth-order valence-corrected chi connectivity index (χ4v) is 5.52. The third-order valence-corrected chi connectivity index (χ3v) is 8.27. The van der Waals surface area contributed by atoms with E-state index in [1.165, 1.54) is 7.11 Å². The van der Waals surface area contributed by atoms with Gasteiger partial charge < -0.3 is 24.5 Å². The fourth-order valence-electron chi connectivity index (χ4n) is 5.05. The molecular formula is C26H26Cl2N2O5. The number of methoxy groups -OCH3 is 1. The van der Waals surface area contributed by atoms with Gasteiger partial charge in [0.15, 0.2) is 0 Å². The zero-order valence-electron chi connectivity index (χ0n) is 19.4. The number of carbonyl (C=O) groups excluding carboxylic acids is 1. The molecule has 0 bridgehead atoms. The van der Waals surface area contributed by atoms with Crippen LogP contribution in [0.4, 0.5) is 0 Å². The SMILES string of the molecule is COc1cc2c(cc(C(=O)NC3(c4ccc(C(C(=O)O)C5CCC5)cc4)COC3)n2C)c(Cl)c1Cl. The maximum absolute atomic E-state index is 13.4. The van der Waals surface area contributed by atoms with Crippen LogP contribution in [-0.2, 0) is 22.1 Å². The molecule has 1 saturated carbocycles. The molecule has 1 aromatic heterocycles. The first-order chi connectivity index (χ1) is 16.8. The maximum Gasteiger partial charge on any atom is 0.311 e. The number of fused-ring (bicyclic) bond motifs is 1. The van der Waals surface area contributed by atoms with Crippen molar-refractivity contribution < 1.29 is 24.2 Å². The van der Waals surface area contributed by atoms with E-state index in [-0.39, 0.29) is 11.8 Å². The standard InChI is InChI=1S/C26H26Cl2N2O5/c1-30-18-11-20(34-2)23(28)22(27)17(18)10-19(30)24(31)29-26(12-35-13-26)16-8-6-15(7-9-16)21(25(32)33)14-4-3-5-14/h6-11,14,21H,3-5,12-13H2,1-2H3,(H,29,31)(H,32,33). The molecule has 2 aromatic carbocycles. The minimum Gasteiger partial charge on any atom is -0.495 e. The summed E-state index contributed by atoms with van der Waals surface area (Å²) in [6, 6.07) is 11.0. The van der Waals surface area contributed by atoms with E-state index in [9.17, 15) is 14.7 Å². The van der Waals surface area contributed by atoms with Gasteiger partial charge in [-0.05, 0) is 36.0 Å². The number of aliphatic carboxylic acids is 1. The Kier molecular flexibility index (Phi) is 6.20. The molecule has 1 unspecified atom stereocenters. The van der Waals surface area contributed by atoms with Crippen LogP contribution in [0.1, 0.15) is 46.8 Å². The molecule has 3 aromatic rings. The van der Waals surface area contributed by atoms with Crippen molar-refractivity contribution in [1.82, 2.24) is 9.88 Å². The summed E-state index contributed by atoms with van der Waals surface area (Å²) in [6.07, 6.45) is 2.97. The number of ether oxygens (including phenoxy) is 2. The molecule has 1 saturated heterocycles. The summed E-state index contributed by atoms with van der Waals surface area (Å²) in [7, 11) is 3.29. The summed E-state index contributed by atoms with van der Waals surface area (Å²) in [4.78, 5) is 25.3. The van der Waals surface area contributed by atoms with Gasteiger partial charge in [0, 0.05) is 18.5 Å². The third kappa shape index (κ3) is 3.96. The van der Waals surface area contributed by atoms with Gasteiger partial charge in [-0.1, -0.05) is 53.9 Å². The van der Waals surface area contributed by atoms with E-state index < -0.39 is 17.4 Å². The third-order valence-electron chi connectivity index (χ3n) is 7.40. The normalized spacial score (nSPS) is 17.9. The van der Waals surface area contributed by atoms with Gasteiger partial charge in [0.2, 0.25) is 0 Å². The van der Waals surface area contributed by atoms with E-state index in [0.717, 1.165) is 35.9 Å². The molecule has 5 rings (SSSR count). The van der Waals surface area contributed by atoms with Crippen molar-refractivity contribution in [2.24, 2.45) is 13.0 Å². The molecule has 2 heterocycles. The van der Waals surface area contributed by atoms with E-state index >= 15 is 0 Å². The van der Waals surface area contributed by atoms with Gasteiger partial charge in [-0.2, -0.15) is 0 Å². The Morgan fingerprint density at radius 1 is 1.17 bits per heavy atom. The second-order valence-corrected chi connectivity index (χ2v) is 10.1. The summed E-state index contributed by atoms with van der Waals surface area (Å²) < 4.78 is 12.6. The number of hydrogen-bond acceptors (Lipinski definition) is 4. The molecule has 2 aliphatic rings. The number of nitrogens with one attached hydrogen (secondary N) is 1. The number of carbonyl (C=O) groups is 2. The van der Waals surface area contributed by atoms with Crippen LogP contribution in [0.3, 0.4) is 0 Å². The van der Waals surface area contributed by atoms with Crippen LogP contribution in [0.2, 0.25) is 10.0 Å². The molecule has 1 atom stereocenters. The Balaban J connectivity index is 1.42. The zero-order chi connectivity index (χ0) is 24.9. The van der Waals surface area contributed by atoms with E-state index in [1.54, 1.807) is 23.7 Å². The van der Waals surface area contributed by atoms with Gasteiger partial charge in [-0.25, -0.2) is 0 Å². The van der Waals surface area contributed by atoms with Crippen LogP contribution >= 0.6 is 23.2 Å². The maximum atomic E-state index is 13.4. The lowest BCUT2D eigenvalue weighted by Crippen LogP contribution is -2.59. The molecule has 7 nitrogen and oxygen atoms in total. The van der Waals surface area contributed by atoms with Crippen molar-refractivity contribution in [3.63, 3.8) is 0 Å². The summed E-state index contributed by atoms with van der Waals surface area (Å²) in [5.41, 5.74) is 2.12. The number of carboxylic acid groups (broad SMARTS) is 1. The molecule has 0 spiro atoms. The largest absolute Gasteiger partial charge is 0.495 e. The average molecular weight is 517 g/mol. The zero-order valence-corrected chi connectivity index (χ0v) is 20.9. The lowest BCUT2D eigenvalue weighted by Gasteiger charge is -2.42. The van der Waals surface area contributed by atoms with Crippen molar-refractivity contribution in [3.05, 3.63) is 63.3 Å². The number of aryl methyl sites for hydroxylation is 1. The number of hydrogen-bond donors (Lipinski definition) is 2. The minimum absolute atomic E-state index is 0.185. The number of aromatic nitrogens is 1. The summed E-state index contributed by atoms with van der Waals surface area (Å²) in [5.74, 6) is -0.943. The highest BCUT2D eigenvalue weighted by Gasteiger charge is 2.43. The van der Waals surface area contributed by atoms with Gasteiger partial charge in [0.05, 0.1) is 36.8 Å². The molecule has 9 heteroatoms. The minimum atomic E-state index is -0.788. The van der Waals surface area contributed by atoms with E-state index in [0.29, 0.717) is 40.1 Å². The number of nitrogens with zero attached hydrogens (tertiary/aromatic N) is 1. The predicted octanol–water partition coefficient (Wildman–Crippen LogP) is 5.12. The number of amides is 1.